The number of pyridine rings is 2. The second-order valence-electron chi connectivity index (χ2n) is 7.40. The molecule has 5 N–H and O–H groups in total. The highest BCUT2D eigenvalue weighted by Gasteiger charge is 2.44. The third-order valence-corrected chi connectivity index (χ3v) is 5.21. The number of aliphatic hydroxyl groups is 4. The summed E-state index contributed by atoms with van der Waals surface area (Å²) in [6, 6.07) is 6.42. The van der Waals surface area contributed by atoms with E-state index < -0.39 is 48.8 Å². The summed E-state index contributed by atoms with van der Waals surface area (Å²) in [5.41, 5.74) is -0.0532. The lowest BCUT2D eigenvalue weighted by molar-refractivity contribution is -0.277. The van der Waals surface area contributed by atoms with Crippen molar-refractivity contribution in [2.24, 2.45) is 0 Å². The van der Waals surface area contributed by atoms with Gasteiger partial charge in [0.25, 0.3) is 11.5 Å². The summed E-state index contributed by atoms with van der Waals surface area (Å²) in [6.07, 6.45) is -1.71. The average Bonchev–Trinajstić information content (AvgIpc) is 2.84. The monoisotopic (exact) mass is 458 g/mol. The first kappa shape index (κ1) is 22.8. The van der Waals surface area contributed by atoms with Crippen LogP contribution in [0.25, 0.3) is 5.65 Å². The number of carbonyl (C=O) groups excluding carboxylic acids is 1. The predicted molar refractivity (Wildman–Crippen MR) is 111 cm³/mol. The number of carbonyl (C=O) groups is 1. The van der Waals surface area contributed by atoms with Gasteiger partial charge in [0.15, 0.2) is 11.4 Å². The lowest BCUT2D eigenvalue weighted by Gasteiger charge is -2.39. The van der Waals surface area contributed by atoms with Crippen LogP contribution in [-0.4, -0.2) is 78.0 Å². The summed E-state index contributed by atoms with van der Waals surface area (Å²) in [5.74, 6) is -0.604. The summed E-state index contributed by atoms with van der Waals surface area (Å²) < 4.78 is 12.0. The molecule has 0 spiro atoms. The summed E-state index contributed by atoms with van der Waals surface area (Å²) in [5, 5.41) is 42.0. The third-order valence-electron chi connectivity index (χ3n) is 5.21. The Labute approximate surface area is 186 Å². The van der Waals surface area contributed by atoms with E-state index in [0.29, 0.717) is 0 Å². The van der Waals surface area contributed by atoms with Crippen LogP contribution >= 0.6 is 0 Å². The molecule has 3 aromatic heterocycles. The van der Waals surface area contributed by atoms with Gasteiger partial charge in [0, 0.05) is 31.3 Å². The molecule has 0 aromatic carbocycles. The van der Waals surface area contributed by atoms with Crippen LogP contribution in [0.5, 0.6) is 5.75 Å². The summed E-state index contributed by atoms with van der Waals surface area (Å²) in [6.45, 7) is -0.440. The molecule has 0 radical (unpaired) electrons. The number of aliphatic hydroxyl groups excluding tert-OH is 4. The Kier molecular flexibility index (Phi) is 6.62. The van der Waals surface area contributed by atoms with Gasteiger partial charge in [0.1, 0.15) is 30.0 Å². The quantitative estimate of drug-likeness (QED) is 0.283. The van der Waals surface area contributed by atoms with Gasteiger partial charge in [-0.1, -0.05) is 6.07 Å². The van der Waals surface area contributed by atoms with E-state index in [0.717, 1.165) is 16.2 Å². The van der Waals surface area contributed by atoms with Crippen LogP contribution in [0.4, 0.5) is 0 Å². The summed E-state index contributed by atoms with van der Waals surface area (Å²) in [4.78, 5) is 33.5. The van der Waals surface area contributed by atoms with Crippen LogP contribution in [0, 0.1) is 0 Å². The molecule has 1 fully saturated rings. The topological polar surface area (TPSA) is 176 Å². The van der Waals surface area contributed by atoms with Crippen molar-refractivity contribution in [1.29, 1.82) is 0 Å². The number of hydrogen-bond acceptors (Lipinski definition) is 10. The first-order valence-electron chi connectivity index (χ1n) is 10.1. The van der Waals surface area contributed by atoms with Gasteiger partial charge in [-0.3, -0.25) is 19.0 Å². The molecule has 1 saturated heterocycles. The van der Waals surface area contributed by atoms with E-state index in [1.54, 1.807) is 24.5 Å². The van der Waals surface area contributed by atoms with E-state index in [1.807, 2.05) is 0 Å². The summed E-state index contributed by atoms with van der Waals surface area (Å²) >= 11 is 0. The smallest absolute Gasteiger partial charge is 0.270 e. The van der Waals surface area contributed by atoms with E-state index >= 15 is 0 Å². The molecule has 3 aromatic rings. The molecule has 0 aliphatic carbocycles. The van der Waals surface area contributed by atoms with Gasteiger partial charge in [0.2, 0.25) is 6.29 Å². The Balaban J connectivity index is 1.57. The van der Waals surface area contributed by atoms with Crippen LogP contribution in [0.2, 0.25) is 0 Å². The van der Waals surface area contributed by atoms with Gasteiger partial charge < -0.3 is 35.2 Å². The van der Waals surface area contributed by atoms with E-state index in [9.17, 15) is 30.0 Å². The first-order chi connectivity index (χ1) is 15.9. The van der Waals surface area contributed by atoms with Crippen molar-refractivity contribution in [3.8, 4) is 5.75 Å². The molecule has 4 heterocycles. The van der Waals surface area contributed by atoms with E-state index in [1.165, 1.54) is 18.3 Å². The highest BCUT2D eigenvalue weighted by atomic mass is 16.7. The minimum absolute atomic E-state index is 0.0150. The number of aromatic nitrogens is 3. The Morgan fingerprint density at radius 2 is 1.97 bits per heavy atom. The standard InChI is InChI=1S/C21H22N4O8/c26-10-14-15(27)16(28)17(29)21(33-14)32-13-4-2-6-25-18(13)23-9-12(20(25)31)19(30)24-8-11-3-1-5-22-7-11/h1-7,9,14-17,21,26-29H,8,10H2,(H,24,30)/t14?,15-,16?,17?,21-/m1/s1. The molecule has 33 heavy (non-hydrogen) atoms. The van der Waals surface area contributed by atoms with Gasteiger partial charge in [-0.05, 0) is 23.8 Å². The molecule has 174 valence electrons. The minimum atomic E-state index is -1.63. The zero-order valence-electron chi connectivity index (χ0n) is 17.2. The maximum Gasteiger partial charge on any atom is 0.270 e. The lowest BCUT2D eigenvalue weighted by Crippen LogP contribution is -2.60. The zero-order valence-corrected chi connectivity index (χ0v) is 17.2. The minimum Gasteiger partial charge on any atom is -0.458 e. The molecule has 0 bridgehead atoms. The number of nitrogens with one attached hydrogen (secondary N) is 1. The van der Waals surface area contributed by atoms with Crippen LogP contribution < -0.4 is 15.6 Å². The van der Waals surface area contributed by atoms with E-state index in [-0.39, 0.29) is 23.5 Å². The molecule has 12 nitrogen and oxygen atoms in total. The van der Waals surface area contributed by atoms with Crippen molar-refractivity contribution in [3.63, 3.8) is 0 Å². The van der Waals surface area contributed by atoms with Gasteiger partial charge in [-0.2, -0.15) is 0 Å². The van der Waals surface area contributed by atoms with Crippen molar-refractivity contribution >= 4 is 11.6 Å². The van der Waals surface area contributed by atoms with Crippen LogP contribution in [-0.2, 0) is 11.3 Å². The highest BCUT2D eigenvalue weighted by Crippen LogP contribution is 2.26. The zero-order chi connectivity index (χ0) is 23.5. The largest absolute Gasteiger partial charge is 0.458 e. The van der Waals surface area contributed by atoms with Crippen LogP contribution in [0.3, 0.4) is 0 Å². The SMILES string of the molecule is O=C(NCc1cccnc1)c1cnc2c(O[C@@H]3OC(CO)[C@@H](O)C(O)C3O)cccn2c1=O. The second kappa shape index (κ2) is 9.60. The lowest BCUT2D eigenvalue weighted by atomic mass is 9.99. The fourth-order valence-corrected chi connectivity index (χ4v) is 3.40. The number of ether oxygens (including phenoxy) is 2. The van der Waals surface area contributed by atoms with Crippen molar-refractivity contribution in [2.75, 3.05) is 6.61 Å². The average molecular weight is 458 g/mol. The van der Waals surface area contributed by atoms with Crippen LogP contribution in [0.15, 0.2) is 53.8 Å². The second-order valence-corrected chi connectivity index (χ2v) is 7.40. The van der Waals surface area contributed by atoms with Crippen molar-refractivity contribution in [2.45, 2.75) is 37.3 Å². The molecule has 4 rings (SSSR count). The molecule has 0 saturated carbocycles. The third kappa shape index (κ3) is 4.55. The molecule has 12 heteroatoms. The van der Waals surface area contributed by atoms with Crippen molar-refractivity contribution in [3.05, 3.63) is 70.5 Å². The maximum atomic E-state index is 12.9. The van der Waals surface area contributed by atoms with Gasteiger partial charge in [-0.15, -0.1) is 0 Å². The molecule has 1 amide bonds. The van der Waals surface area contributed by atoms with Crippen molar-refractivity contribution < 1.29 is 34.7 Å². The number of fused-ring (bicyclic) bond motifs is 1. The van der Waals surface area contributed by atoms with E-state index in [2.05, 4.69) is 15.3 Å². The fraction of sp³-hybridized carbons (Fsp3) is 0.333. The molecule has 5 atom stereocenters. The van der Waals surface area contributed by atoms with Crippen LogP contribution in [0.1, 0.15) is 15.9 Å². The predicted octanol–water partition coefficient (Wildman–Crippen LogP) is -1.80. The Bertz CT molecular complexity index is 1190. The molecule has 1 aliphatic heterocycles. The Morgan fingerprint density at radius 3 is 2.70 bits per heavy atom. The number of hydrogen-bond donors (Lipinski definition) is 5. The van der Waals surface area contributed by atoms with E-state index in [4.69, 9.17) is 9.47 Å². The maximum absolute atomic E-state index is 12.9. The molecule has 1 aliphatic rings. The normalized spacial score (nSPS) is 25.0. The molecular formula is C21H22N4O8. The highest BCUT2D eigenvalue weighted by molar-refractivity contribution is 5.93. The van der Waals surface area contributed by atoms with Gasteiger partial charge in [0.05, 0.1) is 6.61 Å². The summed E-state index contributed by atoms with van der Waals surface area (Å²) in [7, 11) is 0. The van der Waals surface area contributed by atoms with Crippen molar-refractivity contribution in [1.82, 2.24) is 19.7 Å². The Hall–Kier alpha value is -3.42. The van der Waals surface area contributed by atoms with Gasteiger partial charge >= 0.3 is 0 Å². The Morgan fingerprint density at radius 1 is 1.15 bits per heavy atom. The first-order valence-corrected chi connectivity index (χ1v) is 10.1. The number of amides is 1. The fourth-order valence-electron chi connectivity index (χ4n) is 3.40. The molecular weight excluding hydrogens is 436 g/mol. The number of rotatable bonds is 6. The van der Waals surface area contributed by atoms with Gasteiger partial charge in [-0.25, -0.2) is 4.98 Å². The molecule has 3 unspecified atom stereocenters. The number of nitrogens with zero attached hydrogens (tertiary/aromatic N) is 3.